The molecule has 4 nitrogen and oxygen atoms in total. The van der Waals surface area contributed by atoms with E-state index in [-0.39, 0.29) is 5.43 Å². The number of benzene rings is 1. The van der Waals surface area contributed by atoms with Crippen molar-refractivity contribution in [2.75, 3.05) is 0 Å². The van der Waals surface area contributed by atoms with E-state index in [4.69, 9.17) is 4.42 Å². The Morgan fingerprint density at radius 2 is 2.05 bits per heavy atom. The van der Waals surface area contributed by atoms with Crippen molar-refractivity contribution in [1.29, 1.82) is 5.26 Å². The molecule has 0 saturated heterocycles. The van der Waals surface area contributed by atoms with E-state index in [9.17, 15) is 10.1 Å². The van der Waals surface area contributed by atoms with Crippen LogP contribution in [0.1, 0.15) is 19.4 Å². The van der Waals surface area contributed by atoms with Gasteiger partial charge in [-0.2, -0.15) is 5.26 Å². The Kier molecular flexibility index (Phi) is 2.58. The summed E-state index contributed by atoms with van der Waals surface area (Å²) >= 11 is 0. The van der Waals surface area contributed by atoms with Crippen LogP contribution in [0.25, 0.3) is 22.1 Å². The fourth-order valence-electron chi connectivity index (χ4n) is 2.14. The van der Waals surface area contributed by atoms with Crippen molar-refractivity contribution in [3.8, 4) is 6.07 Å². The van der Waals surface area contributed by atoms with Crippen LogP contribution in [0, 0.1) is 11.3 Å². The molecule has 0 fully saturated rings. The van der Waals surface area contributed by atoms with Crippen molar-refractivity contribution < 1.29 is 4.42 Å². The van der Waals surface area contributed by atoms with Gasteiger partial charge in [-0.15, -0.1) is 0 Å². The maximum atomic E-state index is 12.5. The van der Waals surface area contributed by atoms with Crippen LogP contribution < -0.4 is 5.43 Å². The lowest BCUT2D eigenvalue weighted by molar-refractivity contribution is 0.642. The summed E-state index contributed by atoms with van der Waals surface area (Å²) in [6.07, 6.45) is 1.59. The number of hydrogen-bond donors (Lipinski definition) is 0. The summed E-state index contributed by atoms with van der Waals surface area (Å²) in [4.78, 5) is 16.5. The minimum absolute atomic E-state index is 0.120. The Morgan fingerprint density at radius 1 is 1.25 bits per heavy atom. The zero-order valence-electron chi connectivity index (χ0n) is 11.2. The molecule has 20 heavy (non-hydrogen) atoms. The molecule has 2 heterocycles. The molecular formula is C16H12N2O2. The zero-order chi connectivity index (χ0) is 14.3. The highest BCUT2D eigenvalue weighted by Crippen LogP contribution is 2.26. The van der Waals surface area contributed by atoms with Crippen molar-refractivity contribution in [3.05, 3.63) is 52.3 Å². The first-order chi connectivity index (χ1) is 9.53. The predicted molar refractivity (Wildman–Crippen MR) is 76.4 cm³/mol. The maximum Gasteiger partial charge on any atom is 0.230 e. The summed E-state index contributed by atoms with van der Waals surface area (Å²) in [6, 6.07) is 10.9. The van der Waals surface area contributed by atoms with E-state index in [1.165, 1.54) is 0 Å². The van der Waals surface area contributed by atoms with Gasteiger partial charge in [-0.25, -0.2) is 4.98 Å². The first-order valence-electron chi connectivity index (χ1n) is 6.26. The van der Waals surface area contributed by atoms with E-state index in [0.717, 1.165) is 5.56 Å². The van der Waals surface area contributed by atoms with Gasteiger partial charge in [0.2, 0.25) is 11.1 Å². The first kappa shape index (κ1) is 12.4. The largest absolute Gasteiger partial charge is 0.437 e. The monoisotopic (exact) mass is 264 g/mol. The van der Waals surface area contributed by atoms with Gasteiger partial charge >= 0.3 is 0 Å². The number of nitrogens with zero attached hydrogens (tertiary/aromatic N) is 2. The van der Waals surface area contributed by atoms with Gasteiger partial charge in [-0.05, 0) is 43.7 Å². The number of rotatable bonds is 1. The molecule has 0 amide bonds. The molecule has 0 aliphatic rings. The molecular weight excluding hydrogens is 252 g/mol. The standard InChI is InChI=1S/C16H12N2O2/c1-16(2,9-17)10-5-6-13-12(8-10)14(19)11-4-3-7-18-15(11)20-13/h3-8H,1-2H3. The summed E-state index contributed by atoms with van der Waals surface area (Å²) in [6.45, 7) is 3.64. The highest BCUT2D eigenvalue weighted by Gasteiger charge is 2.21. The molecule has 0 aliphatic heterocycles. The third kappa shape index (κ3) is 1.76. The predicted octanol–water partition coefficient (Wildman–Crippen LogP) is 3.14. The quantitative estimate of drug-likeness (QED) is 0.633. The summed E-state index contributed by atoms with van der Waals surface area (Å²) in [5.74, 6) is 0. The number of aromatic nitrogens is 1. The average Bonchev–Trinajstić information content (AvgIpc) is 2.47. The molecule has 0 atom stereocenters. The highest BCUT2D eigenvalue weighted by molar-refractivity contribution is 5.88. The van der Waals surface area contributed by atoms with E-state index in [0.29, 0.717) is 22.1 Å². The molecule has 0 bridgehead atoms. The van der Waals surface area contributed by atoms with Gasteiger partial charge in [0, 0.05) is 6.20 Å². The molecule has 0 aliphatic carbocycles. The van der Waals surface area contributed by atoms with Crippen molar-refractivity contribution >= 4 is 22.1 Å². The van der Waals surface area contributed by atoms with Crippen LogP contribution in [0.2, 0.25) is 0 Å². The van der Waals surface area contributed by atoms with Crippen LogP contribution in [0.3, 0.4) is 0 Å². The number of hydrogen-bond acceptors (Lipinski definition) is 4. The summed E-state index contributed by atoms with van der Waals surface area (Å²) < 4.78 is 5.63. The summed E-state index contributed by atoms with van der Waals surface area (Å²) in [5.41, 5.74) is 0.841. The van der Waals surface area contributed by atoms with Gasteiger partial charge in [0.15, 0.2) is 0 Å². The molecule has 2 aromatic heterocycles. The topological polar surface area (TPSA) is 66.9 Å². The Balaban J connectivity index is 2.41. The van der Waals surface area contributed by atoms with Crippen molar-refractivity contribution in [2.45, 2.75) is 19.3 Å². The van der Waals surface area contributed by atoms with Crippen molar-refractivity contribution in [2.24, 2.45) is 0 Å². The second kappa shape index (κ2) is 4.17. The van der Waals surface area contributed by atoms with Gasteiger partial charge in [-0.1, -0.05) is 6.07 Å². The lowest BCUT2D eigenvalue weighted by Crippen LogP contribution is -2.14. The van der Waals surface area contributed by atoms with Crippen LogP contribution >= 0.6 is 0 Å². The molecule has 3 aromatic rings. The summed E-state index contributed by atoms with van der Waals surface area (Å²) in [7, 11) is 0. The van der Waals surface area contributed by atoms with Gasteiger partial charge in [-0.3, -0.25) is 4.79 Å². The Hall–Kier alpha value is -2.67. The van der Waals surface area contributed by atoms with Gasteiger partial charge < -0.3 is 4.42 Å². The number of nitriles is 1. The SMILES string of the molecule is CC(C)(C#N)c1ccc2oc3ncccc3c(=O)c2c1. The van der Waals surface area contributed by atoms with Crippen LogP contribution in [0.5, 0.6) is 0 Å². The smallest absolute Gasteiger partial charge is 0.230 e. The minimum atomic E-state index is -0.648. The van der Waals surface area contributed by atoms with Crippen LogP contribution in [0.15, 0.2) is 45.7 Å². The van der Waals surface area contributed by atoms with Gasteiger partial charge in [0.1, 0.15) is 5.58 Å². The van der Waals surface area contributed by atoms with Crippen LogP contribution in [-0.4, -0.2) is 4.98 Å². The molecule has 98 valence electrons. The molecule has 0 unspecified atom stereocenters. The lowest BCUT2D eigenvalue weighted by atomic mass is 9.86. The van der Waals surface area contributed by atoms with E-state index >= 15 is 0 Å². The van der Waals surface area contributed by atoms with E-state index < -0.39 is 5.41 Å². The van der Waals surface area contributed by atoms with E-state index in [2.05, 4.69) is 11.1 Å². The normalized spacial score (nSPS) is 11.7. The van der Waals surface area contributed by atoms with Gasteiger partial charge in [0.25, 0.3) is 0 Å². The van der Waals surface area contributed by atoms with Crippen molar-refractivity contribution in [3.63, 3.8) is 0 Å². The molecule has 1 aromatic carbocycles. The van der Waals surface area contributed by atoms with E-state index in [1.54, 1.807) is 30.5 Å². The number of pyridine rings is 1. The highest BCUT2D eigenvalue weighted by atomic mass is 16.3. The maximum absolute atomic E-state index is 12.5. The van der Waals surface area contributed by atoms with Crippen LogP contribution in [0.4, 0.5) is 0 Å². The third-order valence-electron chi connectivity index (χ3n) is 3.45. The Bertz CT molecular complexity index is 917. The van der Waals surface area contributed by atoms with Gasteiger partial charge in [0.05, 0.1) is 22.3 Å². The molecule has 3 rings (SSSR count). The Labute approximate surface area is 115 Å². The second-order valence-corrected chi connectivity index (χ2v) is 5.24. The van der Waals surface area contributed by atoms with Crippen molar-refractivity contribution in [1.82, 2.24) is 4.98 Å². The lowest BCUT2D eigenvalue weighted by Gasteiger charge is -2.15. The first-order valence-corrected chi connectivity index (χ1v) is 6.26. The molecule has 4 heteroatoms. The third-order valence-corrected chi connectivity index (χ3v) is 3.45. The molecule has 0 radical (unpaired) electrons. The van der Waals surface area contributed by atoms with E-state index in [1.807, 2.05) is 19.9 Å². The average molecular weight is 264 g/mol. The second-order valence-electron chi connectivity index (χ2n) is 5.24. The fourth-order valence-corrected chi connectivity index (χ4v) is 2.14. The Morgan fingerprint density at radius 3 is 2.80 bits per heavy atom. The zero-order valence-corrected chi connectivity index (χ0v) is 11.2. The minimum Gasteiger partial charge on any atom is -0.437 e. The fraction of sp³-hybridized carbons (Fsp3) is 0.188. The molecule has 0 spiro atoms. The molecule has 0 saturated carbocycles. The molecule has 0 N–H and O–H groups in total. The van der Waals surface area contributed by atoms with Crippen LogP contribution in [-0.2, 0) is 5.41 Å². The number of fused-ring (bicyclic) bond motifs is 2. The summed E-state index contributed by atoms with van der Waals surface area (Å²) in [5, 5.41) is 10.1.